The Balaban J connectivity index is 1.71. The molecule has 0 aliphatic carbocycles. The number of hydrogen-bond donors (Lipinski definition) is 0. The van der Waals surface area contributed by atoms with Crippen LogP contribution in [-0.2, 0) is 27.6 Å². The molecular weight excluding hydrogens is 362 g/mol. The van der Waals surface area contributed by atoms with Crippen LogP contribution in [0.3, 0.4) is 0 Å². The molecule has 0 bridgehead atoms. The van der Waals surface area contributed by atoms with E-state index in [-0.39, 0.29) is 23.5 Å². The third-order valence-electron chi connectivity index (χ3n) is 5.33. The highest BCUT2D eigenvalue weighted by Gasteiger charge is 2.31. The monoisotopic (exact) mass is 389 g/mol. The molecule has 6 nitrogen and oxygen atoms in total. The average Bonchev–Trinajstić information content (AvgIpc) is 3.10. The first kappa shape index (κ1) is 19.6. The van der Waals surface area contributed by atoms with E-state index in [1.807, 2.05) is 49.7 Å². The number of carbonyl (C=O) groups excluding carboxylic acids is 1. The van der Waals surface area contributed by atoms with E-state index in [9.17, 15) is 13.2 Å². The van der Waals surface area contributed by atoms with Crippen molar-refractivity contribution in [1.82, 2.24) is 14.7 Å². The van der Waals surface area contributed by atoms with E-state index in [2.05, 4.69) is 5.10 Å². The fourth-order valence-corrected chi connectivity index (χ4v) is 5.28. The van der Waals surface area contributed by atoms with Crippen LogP contribution in [0.1, 0.15) is 40.5 Å². The summed E-state index contributed by atoms with van der Waals surface area (Å²) in [6, 6.07) is 7.88. The van der Waals surface area contributed by atoms with E-state index < -0.39 is 9.84 Å². The largest absolute Gasteiger partial charge is 0.341 e. The zero-order valence-electron chi connectivity index (χ0n) is 16.4. The fourth-order valence-electron chi connectivity index (χ4n) is 3.59. The number of aromatic nitrogens is 2. The summed E-state index contributed by atoms with van der Waals surface area (Å²) in [6.45, 7) is 6.37. The van der Waals surface area contributed by atoms with Crippen LogP contribution in [0.5, 0.6) is 0 Å². The van der Waals surface area contributed by atoms with Crippen molar-refractivity contribution in [3.8, 4) is 0 Å². The third-order valence-corrected chi connectivity index (χ3v) is 7.08. The number of nitrogens with zero attached hydrogens (tertiary/aromatic N) is 3. The predicted octanol–water partition coefficient (Wildman–Crippen LogP) is 2.37. The van der Waals surface area contributed by atoms with Gasteiger partial charge in [-0.3, -0.25) is 9.48 Å². The number of rotatable bonds is 5. The van der Waals surface area contributed by atoms with Crippen LogP contribution in [0, 0.1) is 20.8 Å². The molecule has 27 heavy (non-hydrogen) atoms. The van der Waals surface area contributed by atoms with Gasteiger partial charge in [0.1, 0.15) is 0 Å². The molecule has 0 N–H and O–H groups in total. The molecule has 1 saturated heterocycles. The van der Waals surface area contributed by atoms with Gasteiger partial charge in [-0.25, -0.2) is 8.42 Å². The summed E-state index contributed by atoms with van der Waals surface area (Å²) in [4.78, 5) is 14.3. The number of carbonyl (C=O) groups is 1. The molecule has 7 heteroatoms. The van der Waals surface area contributed by atoms with Gasteiger partial charge in [0.15, 0.2) is 9.84 Å². The standard InChI is InChI=1S/C20H27N3O3S/c1-14-5-7-17(8-6-14)11-20(24)22(4)12-19-15(2)21-23(16(19)3)18-9-10-27(25,26)13-18/h5-8,18H,9-13H2,1-4H3/t18-/m1/s1. The van der Waals surface area contributed by atoms with E-state index in [0.717, 1.165) is 22.5 Å². The van der Waals surface area contributed by atoms with E-state index in [1.165, 1.54) is 5.56 Å². The van der Waals surface area contributed by atoms with E-state index in [1.54, 1.807) is 11.9 Å². The number of likely N-dealkylation sites (N-methyl/N-ethyl adjacent to an activating group) is 1. The first-order chi connectivity index (χ1) is 12.7. The minimum atomic E-state index is -2.96. The van der Waals surface area contributed by atoms with Crippen LogP contribution in [0.15, 0.2) is 24.3 Å². The Morgan fingerprint density at radius 1 is 1.22 bits per heavy atom. The number of amides is 1. The van der Waals surface area contributed by atoms with Crippen LogP contribution in [-0.4, -0.2) is 47.6 Å². The molecule has 0 spiro atoms. The van der Waals surface area contributed by atoms with Gasteiger partial charge in [0, 0.05) is 24.8 Å². The Morgan fingerprint density at radius 3 is 2.48 bits per heavy atom. The van der Waals surface area contributed by atoms with Gasteiger partial charge in [-0.05, 0) is 32.8 Å². The molecule has 0 saturated carbocycles. The van der Waals surface area contributed by atoms with E-state index in [0.29, 0.717) is 19.4 Å². The molecule has 1 aliphatic heterocycles. The van der Waals surface area contributed by atoms with Gasteiger partial charge < -0.3 is 4.90 Å². The predicted molar refractivity (Wildman–Crippen MR) is 105 cm³/mol. The number of benzene rings is 1. The Bertz CT molecular complexity index is 946. The first-order valence-electron chi connectivity index (χ1n) is 9.21. The summed E-state index contributed by atoms with van der Waals surface area (Å²) in [7, 11) is -1.17. The summed E-state index contributed by atoms with van der Waals surface area (Å²) >= 11 is 0. The lowest BCUT2D eigenvalue weighted by molar-refractivity contribution is -0.129. The SMILES string of the molecule is Cc1ccc(CC(=O)N(C)Cc2c(C)nn([C@@H]3CCS(=O)(=O)C3)c2C)cc1. The molecule has 1 aromatic carbocycles. The first-order valence-corrected chi connectivity index (χ1v) is 11.0. The molecule has 1 aliphatic rings. The van der Waals surface area contributed by atoms with Crippen molar-refractivity contribution < 1.29 is 13.2 Å². The van der Waals surface area contributed by atoms with Crippen LogP contribution in [0.25, 0.3) is 0 Å². The van der Waals surface area contributed by atoms with Crippen molar-refractivity contribution in [3.05, 3.63) is 52.3 Å². The lowest BCUT2D eigenvalue weighted by Crippen LogP contribution is -2.28. The molecule has 3 rings (SSSR count). The highest BCUT2D eigenvalue weighted by Crippen LogP contribution is 2.27. The van der Waals surface area contributed by atoms with Crippen LogP contribution in [0.4, 0.5) is 0 Å². The highest BCUT2D eigenvalue weighted by atomic mass is 32.2. The molecule has 1 aromatic heterocycles. The summed E-state index contributed by atoms with van der Waals surface area (Å²) in [5, 5.41) is 4.58. The Kier molecular flexibility index (Phi) is 5.42. The lowest BCUT2D eigenvalue weighted by atomic mass is 10.1. The van der Waals surface area contributed by atoms with Gasteiger partial charge in [0.05, 0.1) is 29.7 Å². The molecule has 0 unspecified atom stereocenters. The second-order valence-corrected chi connectivity index (χ2v) is 9.79. The van der Waals surface area contributed by atoms with Gasteiger partial charge in [0.25, 0.3) is 0 Å². The number of aryl methyl sites for hydroxylation is 2. The second-order valence-electron chi connectivity index (χ2n) is 7.56. The van der Waals surface area contributed by atoms with E-state index >= 15 is 0 Å². The molecule has 2 aromatic rings. The topological polar surface area (TPSA) is 72.3 Å². The van der Waals surface area contributed by atoms with Gasteiger partial charge in [0.2, 0.25) is 5.91 Å². The van der Waals surface area contributed by atoms with Crippen molar-refractivity contribution in [2.45, 2.75) is 46.2 Å². The second kappa shape index (κ2) is 7.46. The summed E-state index contributed by atoms with van der Waals surface area (Å²) < 4.78 is 25.4. The van der Waals surface area contributed by atoms with Crippen LogP contribution >= 0.6 is 0 Å². The fraction of sp³-hybridized carbons (Fsp3) is 0.500. The van der Waals surface area contributed by atoms with Crippen molar-refractivity contribution in [2.75, 3.05) is 18.6 Å². The summed E-state index contributed by atoms with van der Waals surface area (Å²) in [5.41, 5.74) is 4.97. The number of hydrogen-bond acceptors (Lipinski definition) is 4. The van der Waals surface area contributed by atoms with Crippen LogP contribution in [0.2, 0.25) is 0 Å². The minimum Gasteiger partial charge on any atom is -0.341 e. The Morgan fingerprint density at radius 2 is 1.89 bits per heavy atom. The maximum Gasteiger partial charge on any atom is 0.227 e. The molecule has 2 heterocycles. The third kappa shape index (κ3) is 4.40. The zero-order valence-corrected chi connectivity index (χ0v) is 17.2. The van der Waals surface area contributed by atoms with Gasteiger partial charge in [-0.15, -0.1) is 0 Å². The smallest absolute Gasteiger partial charge is 0.227 e. The average molecular weight is 390 g/mol. The molecule has 1 fully saturated rings. The number of sulfone groups is 1. The molecular formula is C20H27N3O3S. The minimum absolute atomic E-state index is 0.0499. The summed E-state index contributed by atoms with van der Waals surface area (Å²) in [5.74, 6) is 0.422. The Hall–Kier alpha value is -2.15. The Labute approximate surface area is 161 Å². The molecule has 0 radical (unpaired) electrons. The molecule has 1 atom stereocenters. The van der Waals surface area contributed by atoms with Crippen molar-refractivity contribution in [3.63, 3.8) is 0 Å². The quantitative estimate of drug-likeness (QED) is 0.787. The van der Waals surface area contributed by atoms with Crippen LogP contribution < -0.4 is 0 Å². The lowest BCUT2D eigenvalue weighted by Gasteiger charge is -2.18. The van der Waals surface area contributed by atoms with Crippen molar-refractivity contribution >= 4 is 15.7 Å². The van der Waals surface area contributed by atoms with Gasteiger partial charge in [-0.2, -0.15) is 5.10 Å². The maximum absolute atomic E-state index is 12.6. The molecule has 1 amide bonds. The summed E-state index contributed by atoms with van der Waals surface area (Å²) in [6.07, 6.45) is 0.968. The molecule has 146 valence electrons. The zero-order chi connectivity index (χ0) is 19.8. The normalized spacial score (nSPS) is 18.6. The maximum atomic E-state index is 12.6. The highest BCUT2D eigenvalue weighted by molar-refractivity contribution is 7.91. The van der Waals surface area contributed by atoms with Crippen molar-refractivity contribution in [2.24, 2.45) is 0 Å². The van der Waals surface area contributed by atoms with Gasteiger partial charge in [-0.1, -0.05) is 29.8 Å². The van der Waals surface area contributed by atoms with Crippen molar-refractivity contribution in [1.29, 1.82) is 0 Å². The van der Waals surface area contributed by atoms with E-state index in [4.69, 9.17) is 0 Å². The van der Waals surface area contributed by atoms with Gasteiger partial charge >= 0.3 is 0 Å².